The van der Waals surface area contributed by atoms with Crippen molar-refractivity contribution in [3.63, 3.8) is 0 Å². The minimum absolute atomic E-state index is 0.0385. The Hall–Kier alpha value is -2.53. The highest BCUT2D eigenvalue weighted by atomic mass is 32.2. The van der Waals surface area contributed by atoms with Crippen molar-refractivity contribution in [2.45, 2.75) is 25.2 Å². The van der Waals surface area contributed by atoms with Crippen LogP contribution >= 0.6 is 24.0 Å². The normalized spacial score (nSPS) is 15.5. The lowest BCUT2D eigenvalue weighted by atomic mass is 10.1. The van der Waals surface area contributed by atoms with Gasteiger partial charge in [-0.3, -0.25) is 19.9 Å². The monoisotopic (exact) mass is 475 g/mol. The van der Waals surface area contributed by atoms with Gasteiger partial charge in [-0.15, -0.1) is 4.83 Å². The number of sulfonamides is 1. The van der Waals surface area contributed by atoms with Gasteiger partial charge in [0.25, 0.3) is 15.9 Å². The van der Waals surface area contributed by atoms with Gasteiger partial charge in [-0.05, 0) is 37.6 Å². The predicted molar refractivity (Wildman–Crippen MR) is 125 cm³/mol. The summed E-state index contributed by atoms with van der Waals surface area (Å²) in [6.07, 6.45) is 1.65. The van der Waals surface area contributed by atoms with Gasteiger partial charge in [0.05, 0.1) is 9.80 Å². The Labute approximate surface area is 190 Å². The van der Waals surface area contributed by atoms with Crippen LogP contribution in [0.5, 0.6) is 0 Å². The van der Waals surface area contributed by atoms with Gasteiger partial charge >= 0.3 is 0 Å². The molecule has 7 nitrogen and oxygen atoms in total. The van der Waals surface area contributed by atoms with Gasteiger partial charge in [-0.25, -0.2) is 8.42 Å². The van der Waals surface area contributed by atoms with E-state index in [2.05, 4.69) is 10.3 Å². The molecule has 1 saturated heterocycles. The number of rotatable bonds is 7. The van der Waals surface area contributed by atoms with Crippen LogP contribution in [-0.2, 0) is 19.6 Å². The smallest absolute Gasteiger partial charge is 0.266 e. The molecule has 0 saturated carbocycles. The summed E-state index contributed by atoms with van der Waals surface area (Å²) in [4.78, 5) is 28.7. The quantitative estimate of drug-likeness (QED) is 0.363. The predicted octanol–water partition coefficient (Wildman–Crippen LogP) is 2.90. The third-order valence-electron chi connectivity index (χ3n) is 4.47. The van der Waals surface area contributed by atoms with Crippen molar-refractivity contribution in [2.24, 2.45) is 0 Å². The molecule has 10 heteroatoms. The summed E-state index contributed by atoms with van der Waals surface area (Å²) >= 11 is 6.44. The third-order valence-corrected chi connectivity index (χ3v) is 7.11. The van der Waals surface area contributed by atoms with Gasteiger partial charge in [-0.1, -0.05) is 71.5 Å². The van der Waals surface area contributed by atoms with Gasteiger partial charge in [0.15, 0.2) is 0 Å². The fourth-order valence-corrected chi connectivity index (χ4v) is 4.85. The molecule has 31 heavy (non-hydrogen) atoms. The van der Waals surface area contributed by atoms with Crippen molar-refractivity contribution in [1.29, 1.82) is 0 Å². The maximum absolute atomic E-state index is 12.6. The highest BCUT2D eigenvalue weighted by Crippen LogP contribution is 2.32. The van der Waals surface area contributed by atoms with Crippen molar-refractivity contribution in [1.82, 2.24) is 15.2 Å². The summed E-state index contributed by atoms with van der Waals surface area (Å²) in [5, 5.41) is 0. The average Bonchev–Trinajstić information content (AvgIpc) is 2.99. The number of carbonyl (C=O) groups is 2. The van der Waals surface area contributed by atoms with E-state index in [1.54, 1.807) is 18.2 Å². The van der Waals surface area contributed by atoms with Crippen LogP contribution in [0.3, 0.4) is 0 Å². The number of thiocarbonyl (C=S) groups is 1. The molecule has 0 atom stereocenters. The molecule has 0 bridgehead atoms. The highest BCUT2D eigenvalue weighted by molar-refractivity contribution is 8.26. The van der Waals surface area contributed by atoms with Gasteiger partial charge in [0.2, 0.25) is 5.91 Å². The molecule has 2 aromatic rings. The molecule has 3 rings (SSSR count). The Morgan fingerprint density at radius 1 is 1.06 bits per heavy atom. The van der Waals surface area contributed by atoms with Gasteiger partial charge in [-0.2, -0.15) is 0 Å². The molecule has 2 amide bonds. The number of benzene rings is 2. The number of hydrogen-bond acceptors (Lipinski definition) is 6. The fraction of sp³-hybridized carbons (Fsp3) is 0.190. The minimum Gasteiger partial charge on any atom is -0.292 e. The molecule has 0 radical (unpaired) electrons. The van der Waals surface area contributed by atoms with Crippen LogP contribution in [0, 0.1) is 13.8 Å². The fourth-order valence-electron chi connectivity index (χ4n) is 2.68. The van der Waals surface area contributed by atoms with E-state index >= 15 is 0 Å². The minimum atomic E-state index is -3.88. The van der Waals surface area contributed by atoms with Gasteiger partial charge < -0.3 is 0 Å². The number of nitrogens with zero attached hydrogens (tertiary/aromatic N) is 1. The van der Waals surface area contributed by atoms with Crippen LogP contribution in [0.2, 0.25) is 0 Å². The molecule has 162 valence electrons. The van der Waals surface area contributed by atoms with Crippen LogP contribution in [0.1, 0.15) is 23.1 Å². The molecule has 1 fully saturated rings. The largest absolute Gasteiger partial charge is 0.292 e. The highest BCUT2D eigenvalue weighted by Gasteiger charge is 2.32. The zero-order chi connectivity index (χ0) is 22.6. The van der Waals surface area contributed by atoms with Crippen LogP contribution in [0.15, 0.2) is 58.3 Å². The first-order valence-corrected chi connectivity index (χ1v) is 12.1. The molecule has 0 spiro atoms. The third kappa shape index (κ3) is 6.01. The van der Waals surface area contributed by atoms with Crippen molar-refractivity contribution in [2.75, 3.05) is 6.54 Å². The molecule has 1 aliphatic heterocycles. The molecular weight excluding hydrogens is 454 g/mol. The standard InChI is InChI=1S/C21H21N3O4S3/c1-14-3-7-16(8-4-14)13-18-20(26)24(21(29)30-18)12-11-19(25)22-23-31(27,28)17-9-5-15(2)6-10-17/h3-10,13,23H,11-12H2,1-2H3,(H,22,25)/b18-13+. The Kier molecular flexibility index (Phi) is 7.26. The van der Waals surface area contributed by atoms with E-state index in [1.807, 2.05) is 38.1 Å². The van der Waals surface area contributed by atoms with Crippen molar-refractivity contribution >= 4 is 56.2 Å². The second-order valence-corrected chi connectivity index (χ2v) is 10.3. The van der Waals surface area contributed by atoms with E-state index in [-0.39, 0.29) is 23.8 Å². The summed E-state index contributed by atoms with van der Waals surface area (Å²) in [7, 11) is -3.88. The lowest BCUT2D eigenvalue weighted by molar-refractivity contribution is -0.124. The average molecular weight is 476 g/mol. The molecule has 1 aliphatic rings. The topological polar surface area (TPSA) is 95.6 Å². The summed E-state index contributed by atoms with van der Waals surface area (Å²) in [5.41, 5.74) is 5.09. The molecule has 1 heterocycles. The van der Waals surface area contributed by atoms with Crippen LogP contribution < -0.4 is 10.3 Å². The number of aryl methyl sites for hydroxylation is 2. The van der Waals surface area contributed by atoms with E-state index in [4.69, 9.17) is 12.2 Å². The van der Waals surface area contributed by atoms with Crippen LogP contribution in [-0.4, -0.2) is 36.0 Å². The first-order chi connectivity index (χ1) is 14.7. The van der Waals surface area contributed by atoms with Crippen LogP contribution in [0.25, 0.3) is 6.08 Å². The Bertz CT molecular complexity index is 1140. The number of hydrazine groups is 1. The lowest BCUT2D eigenvalue weighted by Crippen LogP contribution is -2.43. The summed E-state index contributed by atoms with van der Waals surface area (Å²) in [6.45, 7) is 3.87. The number of carbonyl (C=O) groups excluding carboxylic acids is 2. The molecule has 0 aliphatic carbocycles. The summed E-state index contributed by atoms with van der Waals surface area (Å²) in [6, 6.07) is 14.0. The number of hydrogen-bond donors (Lipinski definition) is 2. The van der Waals surface area contributed by atoms with E-state index < -0.39 is 15.9 Å². The molecular formula is C21H21N3O4S3. The van der Waals surface area contributed by atoms with E-state index in [1.165, 1.54) is 28.8 Å². The first kappa shape index (κ1) is 23.1. The molecule has 0 unspecified atom stereocenters. The molecule has 2 aromatic carbocycles. The molecule has 2 N–H and O–H groups in total. The SMILES string of the molecule is Cc1ccc(/C=C2/SC(=S)N(CCC(=O)NNS(=O)(=O)c3ccc(C)cc3)C2=O)cc1. The Morgan fingerprint density at radius 3 is 2.26 bits per heavy atom. The zero-order valence-electron chi connectivity index (χ0n) is 16.9. The summed E-state index contributed by atoms with van der Waals surface area (Å²) < 4.78 is 24.8. The Balaban J connectivity index is 1.55. The van der Waals surface area contributed by atoms with E-state index in [0.29, 0.717) is 9.23 Å². The second-order valence-electron chi connectivity index (χ2n) is 6.96. The van der Waals surface area contributed by atoms with Crippen molar-refractivity contribution in [3.05, 3.63) is 70.1 Å². The maximum atomic E-state index is 12.6. The van der Waals surface area contributed by atoms with E-state index in [0.717, 1.165) is 16.7 Å². The number of thioether (sulfide) groups is 1. The Morgan fingerprint density at radius 2 is 1.65 bits per heavy atom. The van der Waals surface area contributed by atoms with Gasteiger partial charge in [0, 0.05) is 13.0 Å². The second kappa shape index (κ2) is 9.73. The number of nitrogens with one attached hydrogen (secondary N) is 2. The van der Waals surface area contributed by atoms with Crippen molar-refractivity contribution < 1.29 is 18.0 Å². The van der Waals surface area contributed by atoms with Gasteiger partial charge in [0.1, 0.15) is 4.32 Å². The van der Waals surface area contributed by atoms with Crippen molar-refractivity contribution in [3.8, 4) is 0 Å². The van der Waals surface area contributed by atoms with E-state index in [9.17, 15) is 18.0 Å². The summed E-state index contributed by atoms with van der Waals surface area (Å²) in [5.74, 6) is -0.851. The zero-order valence-corrected chi connectivity index (χ0v) is 19.4. The van der Waals surface area contributed by atoms with Crippen LogP contribution in [0.4, 0.5) is 0 Å². The number of amides is 2. The lowest BCUT2D eigenvalue weighted by Gasteiger charge is -2.14. The molecule has 0 aromatic heterocycles. The maximum Gasteiger partial charge on any atom is 0.266 e. The first-order valence-electron chi connectivity index (χ1n) is 9.35.